The Hall–Kier alpha value is -2.26. The molecule has 1 atom stereocenters. The normalized spacial score (nSPS) is 16.5. The van der Waals surface area contributed by atoms with Crippen LogP contribution in [0.5, 0.6) is 0 Å². The van der Waals surface area contributed by atoms with Gasteiger partial charge in [-0.05, 0) is 17.7 Å². The van der Waals surface area contributed by atoms with Crippen LogP contribution in [-0.2, 0) is 4.74 Å². The molecule has 2 heterocycles. The van der Waals surface area contributed by atoms with Crippen LogP contribution in [0.3, 0.4) is 0 Å². The molecule has 1 aromatic carbocycles. The Bertz CT molecular complexity index is 757. The van der Waals surface area contributed by atoms with Crippen molar-refractivity contribution in [3.63, 3.8) is 0 Å². The molecule has 140 valence electrons. The Balaban J connectivity index is 1.87. The number of halogens is 5. The number of anilines is 1. The molecule has 1 aliphatic rings. The number of hydrogen-bond donors (Lipinski definition) is 1. The van der Waals surface area contributed by atoms with E-state index in [1.807, 2.05) is 4.90 Å². The third kappa shape index (κ3) is 3.94. The predicted molar refractivity (Wildman–Crippen MR) is 84.1 cm³/mol. The van der Waals surface area contributed by atoms with Crippen LogP contribution < -0.4 is 5.32 Å². The highest BCUT2D eigenvalue weighted by Gasteiger charge is 2.26. The predicted octanol–water partition coefficient (Wildman–Crippen LogP) is 3.26. The fraction of sp³-hybridized carbons (Fsp3) is 0.353. The van der Waals surface area contributed by atoms with Crippen molar-refractivity contribution in [1.82, 2.24) is 9.88 Å². The fourth-order valence-corrected chi connectivity index (χ4v) is 2.90. The summed E-state index contributed by atoms with van der Waals surface area (Å²) in [6.07, 6.45) is 0. The lowest BCUT2D eigenvalue weighted by atomic mass is 10.0. The molecule has 1 aromatic heterocycles. The van der Waals surface area contributed by atoms with Crippen LogP contribution in [0, 0.1) is 29.3 Å². The molecule has 1 saturated heterocycles. The Morgan fingerprint density at radius 3 is 2.31 bits per heavy atom. The first kappa shape index (κ1) is 18.5. The topological polar surface area (TPSA) is 37.4 Å². The summed E-state index contributed by atoms with van der Waals surface area (Å²) in [5, 5.41) is 2.40. The Kier molecular flexibility index (Phi) is 5.67. The summed E-state index contributed by atoms with van der Waals surface area (Å²) >= 11 is 0. The quantitative estimate of drug-likeness (QED) is 0.645. The molecule has 1 unspecified atom stereocenters. The second-order valence-electron chi connectivity index (χ2n) is 5.80. The number of hydrogen-bond acceptors (Lipinski definition) is 4. The first-order valence-electron chi connectivity index (χ1n) is 7.98. The third-order valence-electron chi connectivity index (χ3n) is 4.19. The van der Waals surface area contributed by atoms with E-state index < -0.39 is 41.1 Å². The van der Waals surface area contributed by atoms with Crippen LogP contribution in [0.2, 0.25) is 0 Å². The van der Waals surface area contributed by atoms with Crippen molar-refractivity contribution in [2.45, 2.75) is 6.04 Å². The molecule has 0 saturated carbocycles. The second-order valence-corrected chi connectivity index (χ2v) is 5.80. The van der Waals surface area contributed by atoms with Gasteiger partial charge in [0.25, 0.3) is 11.9 Å². The van der Waals surface area contributed by atoms with Crippen molar-refractivity contribution < 1.29 is 26.7 Å². The number of benzene rings is 1. The van der Waals surface area contributed by atoms with Gasteiger partial charge in [-0.3, -0.25) is 4.90 Å². The van der Waals surface area contributed by atoms with Gasteiger partial charge in [0.15, 0.2) is 0 Å². The highest BCUT2D eigenvalue weighted by molar-refractivity contribution is 5.45. The van der Waals surface area contributed by atoms with Crippen molar-refractivity contribution in [2.24, 2.45) is 0 Å². The van der Waals surface area contributed by atoms with Gasteiger partial charge in [0, 0.05) is 19.6 Å². The molecule has 3 rings (SSSR count). The van der Waals surface area contributed by atoms with Crippen molar-refractivity contribution in [3.8, 4) is 0 Å². The summed E-state index contributed by atoms with van der Waals surface area (Å²) in [7, 11) is 0. The number of nitrogens with one attached hydrogen (secondary N) is 1. The molecule has 0 aliphatic carbocycles. The zero-order chi connectivity index (χ0) is 18.7. The van der Waals surface area contributed by atoms with Crippen LogP contribution in [0.25, 0.3) is 0 Å². The van der Waals surface area contributed by atoms with Gasteiger partial charge < -0.3 is 10.1 Å². The molecule has 1 N–H and O–H groups in total. The lowest BCUT2D eigenvalue weighted by Crippen LogP contribution is -2.41. The first-order chi connectivity index (χ1) is 12.5. The molecule has 2 aromatic rings. The molecule has 4 nitrogen and oxygen atoms in total. The number of aromatic nitrogens is 1. The molecule has 0 bridgehead atoms. The summed E-state index contributed by atoms with van der Waals surface area (Å²) in [6, 6.07) is 5.30. The van der Waals surface area contributed by atoms with Gasteiger partial charge in [-0.2, -0.15) is 22.5 Å². The summed E-state index contributed by atoms with van der Waals surface area (Å²) in [5.74, 6) is -7.15. The van der Waals surface area contributed by atoms with Gasteiger partial charge in [0.2, 0.25) is 11.6 Å². The molecule has 1 fully saturated rings. The van der Waals surface area contributed by atoms with Crippen molar-refractivity contribution in [1.29, 1.82) is 0 Å². The molecular weight excluding hydrogens is 357 g/mol. The average Bonchev–Trinajstić information content (AvgIpc) is 2.64. The molecule has 0 radical (unpaired) electrons. The van der Waals surface area contributed by atoms with Crippen molar-refractivity contribution >= 4 is 5.69 Å². The first-order valence-corrected chi connectivity index (χ1v) is 7.98. The summed E-state index contributed by atoms with van der Waals surface area (Å²) in [5.41, 5.74) is -0.375. The van der Waals surface area contributed by atoms with E-state index in [1.165, 1.54) is 18.2 Å². The molecule has 0 amide bonds. The van der Waals surface area contributed by atoms with Crippen LogP contribution in [0.4, 0.5) is 27.6 Å². The van der Waals surface area contributed by atoms with Gasteiger partial charge in [0.05, 0.1) is 19.3 Å². The van der Waals surface area contributed by atoms with Crippen molar-refractivity contribution in [2.75, 3.05) is 38.2 Å². The zero-order valence-electron chi connectivity index (χ0n) is 13.6. The molecule has 1 aliphatic heterocycles. The highest BCUT2D eigenvalue weighted by atomic mass is 19.2. The highest BCUT2D eigenvalue weighted by Crippen LogP contribution is 2.26. The van der Waals surface area contributed by atoms with Gasteiger partial charge in [0.1, 0.15) is 11.5 Å². The Morgan fingerprint density at radius 2 is 1.69 bits per heavy atom. The minimum absolute atomic E-state index is 0.0970. The van der Waals surface area contributed by atoms with E-state index in [4.69, 9.17) is 4.74 Å². The lowest BCUT2D eigenvalue weighted by Gasteiger charge is -2.35. The van der Waals surface area contributed by atoms with Gasteiger partial charge in [-0.15, -0.1) is 0 Å². The van der Waals surface area contributed by atoms with Crippen molar-refractivity contribution in [3.05, 3.63) is 59.2 Å². The van der Waals surface area contributed by atoms with Crippen LogP contribution >= 0.6 is 0 Å². The van der Waals surface area contributed by atoms with Gasteiger partial charge in [-0.25, -0.2) is 4.39 Å². The third-order valence-corrected chi connectivity index (χ3v) is 4.19. The monoisotopic (exact) mass is 373 g/mol. The number of nitrogens with zero attached hydrogens (tertiary/aromatic N) is 2. The SMILES string of the molecule is Fc1cccc(C(CNc2c(F)c(F)nc(F)c2F)N2CCOCC2)c1. The average molecular weight is 373 g/mol. The molecule has 26 heavy (non-hydrogen) atoms. The summed E-state index contributed by atoms with van der Waals surface area (Å²) < 4.78 is 73.0. The zero-order valence-corrected chi connectivity index (χ0v) is 13.6. The standard InChI is InChI=1S/C17H16F5N3O/c18-11-3-1-2-10(8-11)12(25-4-6-26-7-5-25)9-23-15-13(19)16(21)24-17(22)14(15)20/h1-3,8,12H,4-7,9H2,(H,23,24). The largest absolute Gasteiger partial charge is 0.379 e. The Labute approximate surface area is 146 Å². The maximum absolute atomic E-state index is 13.8. The van der Waals surface area contributed by atoms with Crippen LogP contribution in [0.1, 0.15) is 11.6 Å². The van der Waals surface area contributed by atoms with E-state index in [0.717, 1.165) is 0 Å². The molecule has 0 spiro atoms. The number of rotatable bonds is 5. The minimum Gasteiger partial charge on any atom is -0.379 e. The smallest absolute Gasteiger partial charge is 0.253 e. The van der Waals surface area contributed by atoms with E-state index in [2.05, 4.69) is 10.3 Å². The number of ether oxygens (including phenoxy) is 1. The Morgan fingerprint density at radius 1 is 1.04 bits per heavy atom. The fourth-order valence-electron chi connectivity index (χ4n) is 2.90. The van der Waals surface area contributed by atoms with E-state index in [0.29, 0.717) is 31.9 Å². The van der Waals surface area contributed by atoms with Crippen LogP contribution in [-0.4, -0.2) is 42.7 Å². The second kappa shape index (κ2) is 7.96. The van der Waals surface area contributed by atoms with E-state index in [9.17, 15) is 22.0 Å². The summed E-state index contributed by atoms with van der Waals surface area (Å²) in [6.45, 7) is 1.85. The number of morpholine rings is 1. The van der Waals surface area contributed by atoms with E-state index in [1.54, 1.807) is 6.07 Å². The molecular formula is C17H16F5N3O. The van der Waals surface area contributed by atoms with Gasteiger partial charge in [-0.1, -0.05) is 12.1 Å². The summed E-state index contributed by atoms with van der Waals surface area (Å²) in [4.78, 5) is 4.46. The number of pyridine rings is 1. The van der Waals surface area contributed by atoms with E-state index in [-0.39, 0.29) is 6.54 Å². The van der Waals surface area contributed by atoms with E-state index >= 15 is 0 Å². The minimum atomic E-state index is -1.74. The maximum Gasteiger partial charge on any atom is 0.253 e. The molecule has 9 heteroatoms. The lowest BCUT2D eigenvalue weighted by molar-refractivity contribution is 0.0186. The van der Waals surface area contributed by atoms with Gasteiger partial charge >= 0.3 is 0 Å². The van der Waals surface area contributed by atoms with Crippen LogP contribution in [0.15, 0.2) is 24.3 Å². The maximum atomic E-state index is 13.8.